The predicted octanol–water partition coefficient (Wildman–Crippen LogP) is 4.85. The molecule has 0 saturated heterocycles. The fraction of sp³-hybridized carbons (Fsp3) is 0.0526. The number of aromatic nitrogens is 2. The van der Waals surface area contributed by atoms with Gasteiger partial charge in [0.05, 0.1) is 16.1 Å². The lowest BCUT2D eigenvalue weighted by molar-refractivity contribution is -0.384. The summed E-state index contributed by atoms with van der Waals surface area (Å²) in [7, 11) is 0. The molecule has 0 aliphatic carbocycles. The number of aromatic amines is 1. The van der Waals surface area contributed by atoms with Crippen LogP contribution < -0.4 is 5.56 Å². The van der Waals surface area contributed by atoms with E-state index in [0.717, 1.165) is 15.3 Å². The number of nitro benzene ring substituents is 1. The molecule has 4 aromatic rings. The van der Waals surface area contributed by atoms with Gasteiger partial charge >= 0.3 is 0 Å². The summed E-state index contributed by atoms with van der Waals surface area (Å²) in [6, 6.07) is 18.1. The first-order valence-electron chi connectivity index (χ1n) is 8.05. The highest BCUT2D eigenvalue weighted by molar-refractivity contribution is 7.98. The van der Waals surface area contributed by atoms with Gasteiger partial charge in [-0.25, -0.2) is 4.98 Å². The van der Waals surface area contributed by atoms with Gasteiger partial charge < -0.3 is 4.98 Å². The van der Waals surface area contributed by atoms with Crippen LogP contribution in [0.25, 0.3) is 20.7 Å². The summed E-state index contributed by atoms with van der Waals surface area (Å²) in [4.78, 5) is 32.7. The molecular weight excluding hydrogens is 382 g/mol. The minimum atomic E-state index is -0.428. The highest BCUT2D eigenvalue weighted by atomic mass is 32.2. The first-order chi connectivity index (χ1) is 13.1. The Morgan fingerprint density at radius 2 is 1.85 bits per heavy atom. The summed E-state index contributed by atoms with van der Waals surface area (Å²) in [5.74, 6) is 1.05. The Labute approximate surface area is 162 Å². The van der Waals surface area contributed by atoms with Crippen molar-refractivity contribution < 1.29 is 4.92 Å². The van der Waals surface area contributed by atoms with Crippen LogP contribution in [0.1, 0.15) is 5.82 Å². The molecule has 0 saturated carbocycles. The number of fused-ring (bicyclic) bond motifs is 1. The Hall–Kier alpha value is -2.97. The molecule has 6 nitrogen and oxygen atoms in total. The molecule has 8 heteroatoms. The number of hydrogen-bond donors (Lipinski definition) is 1. The Bertz CT molecular complexity index is 1170. The molecule has 2 aromatic carbocycles. The van der Waals surface area contributed by atoms with E-state index in [1.807, 2.05) is 36.4 Å². The van der Waals surface area contributed by atoms with Gasteiger partial charge in [0.15, 0.2) is 0 Å². The summed E-state index contributed by atoms with van der Waals surface area (Å²) >= 11 is 2.95. The van der Waals surface area contributed by atoms with Crippen LogP contribution in [0, 0.1) is 10.1 Å². The molecule has 0 radical (unpaired) electrons. The molecule has 2 heterocycles. The Balaban J connectivity index is 1.57. The molecule has 134 valence electrons. The van der Waals surface area contributed by atoms with Gasteiger partial charge in [-0.2, -0.15) is 0 Å². The zero-order chi connectivity index (χ0) is 18.8. The molecule has 0 amide bonds. The van der Waals surface area contributed by atoms with E-state index in [1.54, 1.807) is 12.1 Å². The van der Waals surface area contributed by atoms with Gasteiger partial charge in [0, 0.05) is 21.9 Å². The van der Waals surface area contributed by atoms with E-state index in [4.69, 9.17) is 0 Å². The van der Waals surface area contributed by atoms with Crippen LogP contribution >= 0.6 is 23.1 Å². The monoisotopic (exact) mass is 395 g/mol. The topological polar surface area (TPSA) is 88.9 Å². The van der Waals surface area contributed by atoms with Crippen LogP contribution in [0.4, 0.5) is 5.69 Å². The highest BCUT2D eigenvalue weighted by Crippen LogP contribution is 2.31. The van der Waals surface area contributed by atoms with Crippen LogP contribution in [0.5, 0.6) is 0 Å². The molecule has 0 bridgehead atoms. The lowest BCUT2D eigenvalue weighted by Gasteiger charge is -2.01. The Kier molecular flexibility index (Phi) is 4.74. The van der Waals surface area contributed by atoms with Crippen molar-refractivity contribution in [3.05, 3.63) is 87.0 Å². The maximum Gasteiger partial charge on any atom is 0.269 e. The maximum atomic E-state index is 12.4. The number of nitrogens with zero attached hydrogens (tertiary/aromatic N) is 2. The van der Waals surface area contributed by atoms with Crippen molar-refractivity contribution in [2.24, 2.45) is 0 Å². The third-order valence-corrected chi connectivity index (χ3v) is 6.03. The molecular formula is C19H13N3O3S2. The van der Waals surface area contributed by atoms with Crippen molar-refractivity contribution in [3.63, 3.8) is 0 Å². The van der Waals surface area contributed by atoms with Gasteiger partial charge in [-0.1, -0.05) is 30.3 Å². The van der Waals surface area contributed by atoms with Crippen LogP contribution in [-0.2, 0) is 5.75 Å². The summed E-state index contributed by atoms with van der Waals surface area (Å²) in [6.45, 7) is 0. The van der Waals surface area contributed by atoms with E-state index in [9.17, 15) is 14.9 Å². The second-order valence-corrected chi connectivity index (χ2v) is 7.83. The minimum Gasteiger partial charge on any atom is -0.309 e. The van der Waals surface area contributed by atoms with Crippen LogP contribution in [0.3, 0.4) is 0 Å². The number of nitro groups is 1. The summed E-state index contributed by atoms with van der Waals surface area (Å²) in [5.41, 5.74) is 0.957. The summed E-state index contributed by atoms with van der Waals surface area (Å²) < 4.78 is 0. The van der Waals surface area contributed by atoms with Crippen molar-refractivity contribution in [3.8, 4) is 10.4 Å². The van der Waals surface area contributed by atoms with Crippen molar-refractivity contribution in [1.29, 1.82) is 0 Å². The van der Waals surface area contributed by atoms with Gasteiger partial charge in [-0.15, -0.1) is 23.1 Å². The number of non-ortho nitro benzene ring substituents is 1. The smallest absolute Gasteiger partial charge is 0.269 e. The second-order valence-electron chi connectivity index (χ2n) is 5.75. The van der Waals surface area contributed by atoms with Crippen molar-refractivity contribution in [2.75, 3.05) is 0 Å². The van der Waals surface area contributed by atoms with Crippen molar-refractivity contribution in [1.82, 2.24) is 9.97 Å². The quantitative estimate of drug-likeness (QED) is 0.296. The van der Waals surface area contributed by atoms with Gasteiger partial charge in [0.2, 0.25) is 0 Å². The normalized spacial score (nSPS) is 11.0. The zero-order valence-corrected chi connectivity index (χ0v) is 15.5. The molecule has 0 spiro atoms. The zero-order valence-electron chi connectivity index (χ0n) is 13.9. The third kappa shape index (κ3) is 3.76. The number of H-pyrrole nitrogens is 1. The van der Waals surface area contributed by atoms with Gasteiger partial charge in [0.1, 0.15) is 10.7 Å². The van der Waals surface area contributed by atoms with Crippen molar-refractivity contribution >= 4 is 39.0 Å². The number of thioether (sulfide) groups is 1. The Morgan fingerprint density at radius 3 is 2.56 bits per heavy atom. The van der Waals surface area contributed by atoms with E-state index in [2.05, 4.69) is 9.97 Å². The lowest BCUT2D eigenvalue weighted by Crippen LogP contribution is -2.09. The van der Waals surface area contributed by atoms with E-state index in [1.165, 1.54) is 35.2 Å². The number of nitrogens with one attached hydrogen (secondary N) is 1. The van der Waals surface area contributed by atoms with E-state index >= 15 is 0 Å². The predicted molar refractivity (Wildman–Crippen MR) is 108 cm³/mol. The van der Waals surface area contributed by atoms with Crippen molar-refractivity contribution in [2.45, 2.75) is 10.6 Å². The molecule has 0 fully saturated rings. The molecule has 0 aliphatic heterocycles. The molecule has 27 heavy (non-hydrogen) atoms. The first-order valence-corrected chi connectivity index (χ1v) is 9.86. The summed E-state index contributed by atoms with van der Waals surface area (Å²) in [5, 5.41) is 11.3. The number of rotatable bonds is 5. The van der Waals surface area contributed by atoms with E-state index in [0.29, 0.717) is 21.8 Å². The number of benzene rings is 2. The largest absolute Gasteiger partial charge is 0.309 e. The van der Waals surface area contributed by atoms with Gasteiger partial charge in [-0.05, 0) is 23.8 Å². The maximum absolute atomic E-state index is 12.4. The second kappa shape index (κ2) is 7.34. The first kappa shape index (κ1) is 17.4. The molecule has 0 aliphatic rings. The average Bonchev–Trinajstić information content (AvgIpc) is 3.12. The lowest BCUT2D eigenvalue weighted by atomic mass is 10.2. The van der Waals surface area contributed by atoms with Crippen LogP contribution in [-0.4, -0.2) is 14.9 Å². The fourth-order valence-electron chi connectivity index (χ4n) is 2.60. The third-order valence-electron chi connectivity index (χ3n) is 3.93. The van der Waals surface area contributed by atoms with Gasteiger partial charge in [-0.3, -0.25) is 14.9 Å². The van der Waals surface area contributed by atoms with E-state index in [-0.39, 0.29) is 11.2 Å². The number of thiophene rings is 1. The average molecular weight is 395 g/mol. The molecule has 4 rings (SSSR count). The number of hydrogen-bond acceptors (Lipinski definition) is 6. The molecule has 0 unspecified atom stereocenters. The SMILES string of the molecule is O=c1[nH]c(CSc2ccc([N+](=O)[O-])cc2)nc2sc(-c3ccccc3)cc12. The highest BCUT2D eigenvalue weighted by Gasteiger charge is 2.11. The van der Waals surface area contributed by atoms with Crippen LogP contribution in [0.2, 0.25) is 0 Å². The summed E-state index contributed by atoms with van der Waals surface area (Å²) in [6.07, 6.45) is 0. The van der Waals surface area contributed by atoms with Gasteiger partial charge in [0.25, 0.3) is 11.2 Å². The molecule has 1 N–H and O–H groups in total. The minimum absolute atomic E-state index is 0.0549. The Morgan fingerprint density at radius 1 is 1.11 bits per heavy atom. The van der Waals surface area contributed by atoms with Crippen LogP contribution in [0.15, 0.2) is 70.4 Å². The molecule has 2 aromatic heterocycles. The van der Waals surface area contributed by atoms with E-state index < -0.39 is 4.92 Å². The fourth-order valence-corrected chi connectivity index (χ4v) is 4.43. The standard InChI is InChI=1S/C19H13N3O3S2/c23-18-15-10-16(12-4-2-1-3-5-12)27-19(15)21-17(20-18)11-26-14-8-6-13(7-9-14)22(24)25/h1-10H,11H2,(H,20,21,23). The molecule has 0 atom stereocenters.